The number of nitrogens with one attached hydrogen (secondary N) is 1. The van der Waals surface area contributed by atoms with Gasteiger partial charge in [-0.3, -0.25) is 14.5 Å². The van der Waals surface area contributed by atoms with Gasteiger partial charge in [-0.1, -0.05) is 0 Å². The molecule has 8 heteroatoms. The van der Waals surface area contributed by atoms with Crippen molar-refractivity contribution in [1.82, 2.24) is 9.81 Å². The number of aliphatic hydroxyl groups excluding tert-OH is 1. The highest BCUT2D eigenvalue weighted by atomic mass is 16.5. The van der Waals surface area contributed by atoms with Gasteiger partial charge in [-0.05, 0) is 6.92 Å². The molecule has 2 rings (SSSR count). The van der Waals surface area contributed by atoms with Crippen LogP contribution in [-0.4, -0.2) is 46.7 Å². The van der Waals surface area contributed by atoms with E-state index in [1.807, 2.05) is 0 Å². The number of hydrogen-bond acceptors (Lipinski definition) is 6. The van der Waals surface area contributed by atoms with Gasteiger partial charge in [0.25, 0.3) is 0 Å². The van der Waals surface area contributed by atoms with Gasteiger partial charge in [0.15, 0.2) is 11.8 Å². The van der Waals surface area contributed by atoms with Crippen molar-refractivity contribution in [2.45, 2.75) is 38.1 Å². The van der Waals surface area contributed by atoms with Gasteiger partial charge in [0.1, 0.15) is 23.0 Å². The molecule has 102 valence electrons. The van der Waals surface area contributed by atoms with Crippen molar-refractivity contribution in [2.75, 3.05) is 6.61 Å². The van der Waals surface area contributed by atoms with E-state index in [-0.39, 0.29) is 24.7 Å². The van der Waals surface area contributed by atoms with Gasteiger partial charge in [0, 0.05) is 18.2 Å². The van der Waals surface area contributed by atoms with Gasteiger partial charge < -0.3 is 9.84 Å². The van der Waals surface area contributed by atoms with E-state index in [9.17, 15) is 14.7 Å². The van der Waals surface area contributed by atoms with Crippen molar-refractivity contribution in [3.63, 3.8) is 0 Å². The van der Waals surface area contributed by atoms with E-state index < -0.39 is 18.4 Å². The summed E-state index contributed by atoms with van der Waals surface area (Å²) in [5, 5.41) is 12.8. The second-order valence-electron chi connectivity index (χ2n) is 4.54. The van der Waals surface area contributed by atoms with Crippen LogP contribution < -0.4 is 4.91 Å². The summed E-state index contributed by atoms with van der Waals surface area (Å²) < 4.78 is 5.53. The van der Waals surface area contributed by atoms with Crippen LogP contribution in [-0.2, 0) is 14.3 Å². The lowest BCUT2D eigenvalue weighted by molar-refractivity contribution is -0.144. The lowest BCUT2D eigenvalue weighted by atomic mass is 10.1. The third-order valence-corrected chi connectivity index (χ3v) is 3.27. The maximum atomic E-state index is 11.8. The average Bonchev–Trinajstić information content (AvgIpc) is 2.77. The Morgan fingerprint density at radius 3 is 3.00 bits per heavy atom. The number of carbonyl (C=O) groups is 2. The Kier molecular flexibility index (Phi) is 3.84. The molecule has 3 atom stereocenters. The molecular weight excluding hydrogens is 252 g/mol. The molecular formula is C11H15N4O4+. The Labute approximate surface area is 109 Å². The van der Waals surface area contributed by atoms with E-state index >= 15 is 0 Å². The average molecular weight is 267 g/mol. The van der Waals surface area contributed by atoms with E-state index in [1.165, 1.54) is 11.1 Å². The fourth-order valence-corrected chi connectivity index (χ4v) is 2.21. The lowest BCUT2D eigenvalue weighted by Crippen LogP contribution is -2.40. The summed E-state index contributed by atoms with van der Waals surface area (Å²) in [6, 6.07) is -0.452. The number of ether oxygens (including phenoxy) is 1. The number of Topliss-reactive ketones (excluding diaryl/α,β-unsaturated/α-hetero) is 1. The van der Waals surface area contributed by atoms with Gasteiger partial charge in [0.2, 0.25) is 10.8 Å². The highest BCUT2D eigenvalue weighted by Crippen LogP contribution is 2.28. The van der Waals surface area contributed by atoms with Crippen molar-refractivity contribution in [2.24, 2.45) is 5.11 Å². The van der Waals surface area contributed by atoms with Crippen LogP contribution in [0.1, 0.15) is 19.8 Å². The molecule has 2 heterocycles. The first kappa shape index (κ1) is 13.5. The predicted octanol–water partition coefficient (Wildman–Crippen LogP) is -0.282. The molecule has 0 aromatic heterocycles. The zero-order chi connectivity index (χ0) is 14.0. The predicted molar refractivity (Wildman–Crippen MR) is 61.7 cm³/mol. The van der Waals surface area contributed by atoms with Crippen LogP contribution in [0.4, 0.5) is 0 Å². The van der Waals surface area contributed by atoms with Crippen LogP contribution in [0, 0.1) is 5.53 Å². The number of aliphatic hydroxyl groups is 1. The molecule has 3 unspecified atom stereocenters. The zero-order valence-electron chi connectivity index (χ0n) is 10.4. The SMILES string of the molecule is CC1=CN(C2CC(N=[N+]=N)C(CO)O2)C(=O)CC1=O. The summed E-state index contributed by atoms with van der Waals surface area (Å²) in [5.41, 5.74) is 7.22. The van der Waals surface area contributed by atoms with E-state index in [0.717, 1.165) is 0 Å². The quantitative estimate of drug-likeness (QED) is 0.415. The molecule has 1 fully saturated rings. The standard InChI is InChI=1S/C11H15N4O4/c1-6-4-15(10(18)3-8(6)17)11-2-7(13-14-12)9(5-16)19-11/h4,7,9,11-12,16H,2-3,5H2,1H3/q+1. The van der Waals surface area contributed by atoms with Crippen LogP contribution in [0.3, 0.4) is 0 Å². The minimum atomic E-state index is -0.585. The van der Waals surface area contributed by atoms with E-state index in [2.05, 4.69) is 10.0 Å². The van der Waals surface area contributed by atoms with Crippen molar-refractivity contribution < 1.29 is 19.4 Å². The molecule has 0 radical (unpaired) electrons. The molecule has 0 saturated carbocycles. The largest absolute Gasteiger partial charge is 0.394 e. The first-order valence-electron chi connectivity index (χ1n) is 5.92. The first-order chi connectivity index (χ1) is 9.06. The third-order valence-electron chi connectivity index (χ3n) is 3.27. The van der Waals surface area contributed by atoms with E-state index in [4.69, 9.17) is 10.3 Å². The fraction of sp³-hybridized carbons (Fsp3) is 0.636. The Hall–Kier alpha value is -1.89. The monoisotopic (exact) mass is 267 g/mol. The highest BCUT2D eigenvalue weighted by molar-refractivity contribution is 6.09. The molecule has 1 saturated heterocycles. The van der Waals surface area contributed by atoms with Crippen molar-refractivity contribution in [3.8, 4) is 0 Å². The third kappa shape index (κ3) is 2.60. The molecule has 0 aliphatic carbocycles. The molecule has 0 aromatic carbocycles. The summed E-state index contributed by atoms with van der Waals surface area (Å²) in [4.78, 5) is 27.5. The highest BCUT2D eigenvalue weighted by Gasteiger charge is 2.43. The van der Waals surface area contributed by atoms with Crippen LogP contribution in [0.25, 0.3) is 0 Å². The number of carbonyl (C=O) groups excluding carboxylic acids is 2. The number of rotatable bonds is 3. The number of allylic oxidation sites excluding steroid dienone is 1. The molecule has 1 amide bonds. The Balaban J connectivity index is 2.17. The van der Waals surface area contributed by atoms with Crippen LogP contribution >= 0.6 is 0 Å². The molecule has 2 aliphatic rings. The molecule has 2 N–H and O–H groups in total. The summed E-state index contributed by atoms with van der Waals surface area (Å²) in [6.45, 7) is 1.38. The summed E-state index contributed by atoms with van der Waals surface area (Å²) >= 11 is 0. The number of amides is 1. The topological polar surface area (TPSA) is 117 Å². The molecule has 0 bridgehead atoms. The minimum Gasteiger partial charge on any atom is -0.394 e. The van der Waals surface area contributed by atoms with Crippen molar-refractivity contribution in [3.05, 3.63) is 11.8 Å². The molecule has 2 aliphatic heterocycles. The van der Waals surface area contributed by atoms with Gasteiger partial charge in [-0.15, -0.1) is 0 Å². The molecule has 0 aromatic rings. The Morgan fingerprint density at radius 1 is 1.63 bits per heavy atom. The second kappa shape index (κ2) is 5.40. The lowest BCUT2D eigenvalue weighted by Gasteiger charge is -2.28. The maximum absolute atomic E-state index is 11.8. The maximum Gasteiger partial charge on any atom is 0.236 e. The van der Waals surface area contributed by atoms with Gasteiger partial charge in [-0.25, -0.2) is 0 Å². The number of nitrogens with zero attached hydrogens (tertiary/aromatic N) is 3. The Bertz CT molecular complexity index is 483. The van der Waals surface area contributed by atoms with E-state index in [1.54, 1.807) is 6.92 Å². The summed E-state index contributed by atoms with van der Waals surface area (Å²) in [5.74, 6) is -0.527. The zero-order valence-corrected chi connectivity index (χ0v) is 10.4. The van der Waals surface area contributed by atoms with Crippen molar-refractivity contribution in [1.29, 1.82) is 5.53 Å². The smallest absolute Gasteiger partial charge is 0.236 e. The summed E-state index contributed by atoms with van der Waals surface area (Å²) in [7, 11) is 0. The van der Waals surface area contributed by atoms with Gasteiger partial charge in [-0.2, -0.15) is 0 Å². The van der Waals surface area contributed by atoms with Crippen molar-refractivity contribution >= 4 is 11.7 Å². The van der Waals surface area contributed by atoms with Gasteiger partial charge in [0.05, 0.1) is 13.0 Å². The molecule has 0 spiro atoms. The number of ketones is 1. The first-order valence-corrected chi connectivity index (χ1v) is 5.92. The summed E-state index contributed by atoms with van der Waals surface area (Å²) in [6.07, 6.45) is 0.475. The van der Waals surface area contributed by atoms with E-state index in [0.29, 0.717) is 12.0 Å². The minimum absolute atomic E-state index is 0.170. The normalized spacial score (nSPS) is 31.2. The van der Waals surface area contributed by atoms with Crippen LogP contribution in [0.5, 0.6) is 0 Å². The molecule has 8 nitrogen and oxygen atoms in total. The second-order valence-corrected chi connectivity index (χ2v) is 4.54. The molecule has 19 heavy (non-hydrogen) atoms. The Morgan fingerprint density at radius 2 is 2.37 bits per heavy atom. The van der Waals surface area contributed by atoms with Crippen LogP contribution in [0.15, 0.2) is 16.9 Å². The van der Waals surface area contributed by atoms with Gasteiger partial charge >= 0.3 is 0 Å². The van der Waals surface area contributed by atoms with Crippen LogP contribution in [0.2, 0.25) is 0 Å². The fourth-order valence-electron chi connectivity index (χ4n) is 2.21. The number of hydrogen-bond donors (Lipinski definition) is 2.